The minimum Gasteiger partial charge on any atom is -0.336 e. The second-order valence-corrected chi connectivity index (χ2v) is 5.01. The molecule has 0 saturated carbocycles. The zero-order valence-corrected chi connectivity index (χ0v) is 9.02. The van der Waals surface area contributed by atoms with Crippen LogP contribution in [0.15, 0.2) is 12.5 Å². The zero-order chi connectivity index (χ0) is 9.10. The molecular weight excluding hydrogens is 204 g/mol. The first-order chi connectivity index (χ1) is 6.38. The molecule has 4 heteroatoms. The third-order valence-electron chi connectivity index (χ3n) is 2.26. The molecule has 1 unspecified atom stereocenters. The van der Waals surface area contributed by atoms with Gasteiger partial charge in [-0.05, 0) is 18.6 Å². The van der Waals surface area contributed by atoms with E-state index in [1.807, 2.05) is 12.5 Å². The van der Waals surface area contributed by atoms with Crippen LogP contribution < -0.4 is 0 Å². The summed E-state index contributed by atoms with van der Waals surface area (Å²) in [4.78, 5) is 4.20. The van der Waals surface area contributed by atoms with E-state index in [0.717, 1.165) is 17.5 Å². The Morgan fingerprint density at radius 1 is 1.69 bits per heavy atom. The Kier molecular flexibility index (Phi) is 3.17. The van der Waals surface area contributed by atoms with Crippen LogP contribution in [0.25, 0.3) is 0 Å². The number of nitrogens with zero attached hydrogens (tertiary/aromatic N) is 2. The first-order valence-electron chi connectivity index (χ1n) is 4.56. The van der Waals surface area contributed by atoms with Gasteiger partial charge >= 0.3 is 0 Å². The van der Waals surface area contributed by atoms with Crippen molar-refractivity contribution in [3.8, 4) is 0 Å². The van der Waals surface area contributed by atoms with Gasteiger partial charge in [-0.2, -0.15) is 11.8 Å². The highest BCUT2D eigenvalue weighted by atomic mass is 35.5. The SMILES string of the molecule is ClCc1cn(CC2CCCS2)cn1. The Balaban J connectivity index is 1.92. The number of aromatic nitrogens is 2. The Morgan fingerprint density at radius 2 is 2.62 bits per heavy atom. The molecule has 1 aromatic heterocycles. The van der Waals surface area contributed by atoms with Crippen molar-refractivity contribution >= 4 is 23.4 Å². The molecule has 1 atom stereocenters. The average Bonchev–Trinajstić information content (AvgIpc) is 2.76. The standard InChI is InChI=1S/C9H13ClN2S/c10-4-8-5-12(7-11-8)6-9-2-1-3-13-9/h5,7,9H,1-4,6H2. The van der Waals surface area contributed by atoms with E-state index >= 15 is 0 Å². The number of alkyl halides is 1. The third-order valence-corrected chi connectivity index (χ3v) is 3.92. The van der Waals surface area contributed by atoms with E-state index < -0.39 is 0 Å². The molecule has 0 radical (unpaired) electrons. The second kappa shape index (κ2) is 4.38. The van der Waals surface area contributed by atoms with Crippen LogP contribution in [0, 0.1) is 0 Å². The molecule has 2 rings (SSSR count). The van der Waals surface area contributed by atoms with Crippen LogP contribution in [0.2, 0.25) is 0 Å². The molecule has 1 aliphatic rings. The smallest absolute Gasteiger partial charge is 0.0950 e. The average molecular weight is 217 g/mol. The van der Waals surface area contributed by atoms with Gasteiger partial charge in [-0.25, -0.2) is 4.98 Å². The van der Waals surface area contributed by atoms with E-state index in [2.05, 4.69) is 21.3 Å². The highest BCUT2D eigenvalue weighted by Gasteiger charge is 2.15. The maximum Gasteiger partial charge on any atom is 0.0950 e. The van der Waals surface area contributed by atoms with E-state index in [1.54, 1.807) is 0 Å². The van der Waals surface area contributed by atoms with Crippen LogP contribution >= 0.6 is 23.4 Å². The maximum absolute atomic E-state index is 5.68. The van der Waals surface area contributed by atoms with Crippen LogP contribution in [0.3, 0.4) is 0 Å². The Bertz CT molecular complexity index is 268. The first-order valence-corrected chi connectivity index (χ1v) is 6.15. The van der Waals surface area contributed by atoms with E-state index in [0.29, 0.717) is 5.88 Å². The molecule has 0 bridgehead atoms. The lowest BCUT2D eigenvalue weighted by Crippen LogP contribution is -2.07. The Morgan fingerprint density at radius 3 is 3.23 bits per heavy atom. The highest BCUT2D eigenvalue weighted by molar-refractivity contribution is 8.00. The molecule has 1 aliphatic heterocycles. The summed E-state index contributed by atoms with van der Waals surface area (Å²) in [6.45, 7) is 1.09. The minimum absolute atomic E-state index is 0.519. The maximum atomic E-state index is 5.68. The number of hydrogen-bond acceptors (Lipinski definition) is 2. The number of imidazole rings is 1. The van der Waals surface area contributed by atoms with Crippen LogP contribution in [0.5, 0.6) is 0 Å². The van der Waals surface area contributed by atoms with Gasteiger partial charge in [-0.15, -0.1) is 11.6 Å². The lowest BCUT2D eigenvalue weighted by Gasteiger charge is -2.07. The van der Waals surface area contributed by atoms with Crippen molar-refractivity contribution in [1.29, 1.82) is 0 Å². The van der Waals surface area contributed by atoms with Gasteiger partial charge in [0, 0.05) is 18.0 Å². The zero-order valence-electron chi connectivity index (χ0n) is 7.45. The highest BCUT2D eigenvalue weighted by Crippen LogP contribution is 2.27. The number of halogens is 1. The summed E-state index contributed by atoms with van der Waals surface area (Å²) in [6, 6.07) is 0. The van der Waals surface area contributed by atoms with Crippen molar-refractivity contribution in [1.82, 2.24) is 9.55 Å². The molecule has 1 fully saturated rings. The summed E-state index contributed by atoms with van der Waals surface area (Å²) in [5, 5.41) is 0.789. The normalized spacial score (nSPS) is 22.4. The van der Waals surface area contributed by atoms with Crippen molar-refractivity contribution in [2.45, 2.75) is 30.5 Å². The molecule has 2 nitrogen and oxygen atoms in total. The fourth-order valence-electron chi connectivity index (χ4n) is 1.60. The van der Waals surface area contributed by atoms with Crippen LogP contribution in [-0.2, 0) is 12.4 Å². The number of hydrogen-bond donors (Lipinski definition) is 0. The predicted octanol–water partition coefficient (Wildman–Crippen LogP) is 2.52. The van der Waals surface area contributed by atoms with Crippen molar-refractivity contribution < 1.29 is 0 Å². The summed E-state index contributed by atoms with van der Waals surface area (Å²) >= 11 is 7.75. The van der Waals surface area contributed by atoms with Gasteiger partial charge < -0.3 is 4.57 Å². The van der Waals surface area contributed by atoms with E-state index in [9.17, 15) is 0 Å². The lowest BCUT2D eigenvalue weighted by molar-refractivity contribution is 0.637. The fourth-order valence-corrected chi connectivity index (χ4v) is 3.01. The van der Waals surface area contributed by atoms with Crippen molar-refractivity contribution in [3.63, 3.8) is 0 Å². The number of rotatable bonds is 3. The molecule has 1 aromatic rings. The molecule has 2 heterocycles. The van der Waals surface area contributed by atoms with Gasteiger partial charge in [-0.3, -0.25) is 0 Å². The molecule has 72 valence electrons. The molecule has 13 heavy (non-hydrogen) atoms. The molecule has 0 spiro atoms. The van der Waals surface area contributed by atoms with Gasteiger partial charge in [-0.1, -0.05) is 0 Å². The summed E-state index contributed by atoms with van der Waals surface area (Å²) in [5.74, 6) is 1.84. The van der Waals surface area contributed by atoms with Gasteiger partial charge in [0.05, 0.1) is 17.9 Å². The molecule has 0 amide bonds. The molecule has 0 aliphatic carbocycles. The van der Waals surface area contributed by atoms with Crippen LogP contribution in [0.4, 0.5) is 0 Å². The van der Waals surface area contributed by atoms with E-state index in [-0.39, 0.29) is 0 Å². The van der Waals surface area contributed by atoms with Gasteiger partial charge in [0.1, 0.15) is 0 Å². The van der Waals surface area contributed by atoms with Gasteiger partial charge in [0.2, 0.25) is 0 Å². The fraction of sp³-hybridized carbons (Fsp3) is 0.667. The van der Waals surface area contributed by atoms with Crippen molar-refractivity contribution in [3.05, 3.63) is 18.2 Å². The topological polar surface area (TPSA) is 17.8 Å². The lowest BCUT2D eigenvalue weighted by atomic mass is 10.2. The predicted molar refractivity (Wildman–Crippen MR) is 57.3 cm³/mol. The monoisotopic (exact) mass is 216 g/mol. The summed E-state index contributed by atoms with van der Waals surface area (Å²) in [6.07, 6.45) is 6.65. The molecule has 1 saturated heterocycles. The largest absolute Gasteiger partial charge is 0.336 e. The van der Waals surface area contributed by atoms with Crippen molar-refractivity contribution in [2.75, 3.05) is 5.75 Å². The summed E-state index contributed by atoms with van der Waals surface area (Å²) in [7, 11) is 0. The summed E-state index contributed by atoms with van der Waals surface area (Å²) in [5.41, 5.74) is 0.977. The third kappa shape index (κ3) is 2.41. The Labute approximate surface area is 87.7 Å². The van der Waals surface area contributed by atoms with Crippen LogP contribution in [0.1, 0.15) is 18.5 Å². The van der Waals surface area contributed by atoms with Crippen molar-refractivity contribution in [2.24, 2.45) is 0 Å². The minimum atomic E-state index is 0.519. The summed E-state index contributed by atoms with van der Waals surface area (Å²) < 4.78 is 2.15. The second-order valence-electron chi connectivity index (χ2n) is 3.33. The molecule has 0 aromatic carbocycles. The molecule has 0 N–H and O–H groups in total. The van der Waals surface area contributed by atoms with Gasteiger partial charge in [0.15, 0.2) is 0 Å². The Hall–Kier alpha value is -0.150. The first kappa shape index (κ1) is 9.41. The molecular formula is C9H13ClN2S. The van der Waals surface area contributed by atoms with Gasteiger partial charge in [0.25, 0.3) is 0 Å². The van der Waals surface area contributed by atoms with Crippen LogP contribution in [-0.4, -0.2) is 20.6 Å². The van der Waals surface area contributed by atoms with E-state index in [1.165, 1.54) is 18.6 Å². The van der Waals surface area contributed by atoms with E-state index in [4.69, 9.17) is 11.6 Å². The quantitative estimate of drug-likeness (QED) is 0.723. The number of thioether (sulfide) groups is 1.